The number of halogens is 2. The van der Waals surface area contributed by atoms with Crippen LogP contribution >= 0.6 is 7.60 Å². The van der Waals surface area contributed by atoms with Crippen molar-refractivity contribution in [3.63, 3.8) is 0 Å². The molecule has 0 saturated heterocycles. The summed E-state index contributed by atoms with van der Waals surface area (Å²) in [4.78, 5) is 0. The van der Waals surface area contributed by atoms with Crippen LogP contribution in [0.2, 0.25) is 0 Å². The number of alkyl halides is 2. The molecule has 110 valence electrons. The number of ether oxygens (including phenoxy) is 2. The Kier molecular flexibility index (Phi) is 5.71. The van der Waals surface area contributed by atoms with Crippen molar-refractivity contribution in [1.29, 1.82) is 0 Å². The van der Waals surface area contributed by atoms with E-state index in [-0.39, 0.29) is 19.0 Å². The van der Waals surface area contributed by atoms with Gasteiger partial charge in [0, 0.05) is 13.2 Å². The lowest BCUT2D eigenvalue weighted by Gasteiger charge is -2.25. The Morgan fingerprint density at radius 3 is 2.42 bits per heavy atom. The molecule has 0 saturated carbocycles. The van der Waals surface area contributed by atoms with E-state index < -0.39 is 26.0 Å². The molecule has 0 spiro atoms. The van der Waals surface area contributed by atoms with Crippen molar-refractivity contribution in [2.45, 2.75) is 32.2 Å². The molecule has 0 N–H and O–H groups in total. The molecule has 1 unspecified atom stereocenters. The highest BCUT2D eigenvalue weighted by Gasteiger charge is 2.54. The highest BCUT2D eigenvalue weighted by atomic mass is 31.2. The SMILES string of the molecule is CCOP(=O)(OCC)C(F)(F)CC1=C=CC(OC)O1. The molecule has 0 aromatic heterocycles. The minimum Gasteiger partial charge on any atom is -0.457 e. The van der Waals surface area contributed by atoms with Crippen molar-refractivity contribution in [3.8, 4) is 0 Å². The topological polar surface area (TPSA) is 54.0 Å². The summed E-state index contributed by atoms with van der Waals surface area (Å²) in [6.45, 7) is 2.66. The summed E-state index contributed by atoms with van der Waals surface area (Å²) >= 11 is 0. The van der Waals surface area contributed by atoms with Gasteiger partial charge in [-0.15, -0.1) is 0 Å². The molecule has 0 aromatic carbocycles. The highest BCUT2D eigenvalue weighted by Crippen LogP contribution is 2.64. The third-order valence-electron chi connectivity index (χ3n) is 2.24. The van der Waals surface area contributed by atoms with Gasteiger partial charge >= 0.3 is 13.3 Å². The average molecular weight is 298 g/mol. The molecular weight excluding hydrogens is 281 g/mol. The number of hydrogen-bond donors (Lipinski definition) is 0. The summed E-state index contributed by atoms with van der Waals surface area (Å²) in [5.41, 5.74) is -1.18. The van der Waals surface area contributed by atoms with Crippen molar-refractivity contribution < 1.29 is 31.9 Å². The van der Waals surface area contributed by atoms with E-state index in [1.807, 2.05) is 0 Å². The Labute approximate surface area is 110 Å². The number of methoxy groups -OCH3 is 1. The van der Waals surface area contributed by atoms with E-state index in [1.165, 1.54) is 27.0 Å². The highest BCUT2D eigenvalue weighted by molar-refractivity contribution is 7.55. The molecule has 1 rings (SSSR count). The van der Waals surface area contributed by atoms with Crippen LogP contribution < -0.4 is 0 Å². The maximum Gasteiger partial charge on any atom is 0.400 e. The normalized spacial score (nSPS) is 19.4. The lowest BCUT2D eigenvalue weighted by atomic mass is 10.4. The van der Waals surface area contributed by atoms with E-state index in [0.717, 1.165) is 0 Å². The first-order valence-corrected chi connectivity index (χ1v) is 7.35. The first kappa shape index (κ1) is 16.3. The van der Waals surface area contributed by atoms with Gasteiger partial charge in [-0.2, -0.15) is 8.78 Å². The van der Waals surface area contributed by atoms with E-state index >= 15 is 0 Å². The Hall–Kier alpha value is -0.710. The Bertz CT molecular complexity index is 407. The fourth-order valence-corrected chi connectivity index (χ4v) is 2.90. The van der Waals surface area contributed by atoms with E-state index in [1.54, 1.807) is 0 Å². The average Bonchev–Trinajstić information content (AvgIpc) is 2.76. The molecule has 1 atom stereocenters. The van der Waals surface area contributed by atoms with E-state index in [9.17, 15) is 13.3 Å². The van der Waals surface area contributed by atoms with Gasteiger partial charge < -0.3 is 18.5 Å². The molecule has 0 amide bonds. The van der Waals surface area contributed by atoms with E-state index in [4.69, 9.17) is 9.47 Å². The second kappa shape index (κ2) is 6.64. The van der Waals surface area contributed by atoms with Crippen LogP contribution in [0.4, 0.5) is 8.78 Å². The maximum atomic E-state index is 14.0. The van der Waals surface area contributed by atoms with Crippen LogP contribution in [0.5, 0.6) is 0 Å². The molecule has 1 heterocycles. The van der Waals surface area contributed by atoms with Crippen molar-refractivity contribution in [3.05, 3.63) is 17.6 Å². The van der Waals surface area contributed by atoms with Crippen LogP contribution in [0.15, 0.2) is 17.6 Å². The summed E-state index contributed by atoms with van der Waals surface area (Å²) in [6, 6.07) is 0. The molecule has 1 aliphatic heterocycles. The molecule has 0 bridgehead atoms. The van der Waals surface area contributed by atoms with Crippen LogP contribution in [0, 0.1) is 0 Å². The van der Waals surface area contributed by atoms with Crippen molar-refractivity contribution in [2.75, 3.05) is 20.3 Å². The van der Waals surface area contributed by atoms with Crippen LogP contribution in [0.1, 0.15) is 20.3 Å². The first-order chi connectivity index (χ1) is 8.88. The monoisotopic (exact) mass is 298 g/mol. The van der Waals surface area contributed by atoms with Crippen LogP contribution in [0.25, 0.3) is 0 Å². The zero-order chi connectivity index (χ0) is 14.5. The molecule has 0 aliphatic carbocycles. The van der Waals surface area contributed by atoms with Gasteiger partial charge in [0.05, 0.1) is 19.6 Å². The Balaban J connectivity index is 2.79. The van der Waals surface area contributed by atoms with Gasteiger partial charge in [-0.3, -0.25) is 4.57 Å². The number of rotatable bonds is 8. The van der Waals surface area contributed by atoms with Gasteiger partial charge in [0.25, 0.3) is 0 Å². The zero-order valence-corrected chi connectivity index (χ0v) is 11.9. The molecule has 19 heavy (non-hydrogen) atoms. The largest absolute Gasteiger partial charge is 0.457 e. The van der Waals surface area contributed by atoms with Crippen molar-refractivity contribution >= 4 is 7.60 Å². The number of hydrogen-bond acceptors (Lipinski definition) is 5. The van der Waals surface area contributed by atoms with E-state index in [0.29, 0.717) is 0 Å². The summed E-state index contributed by atoms with van der Waals surface area (Å²) < 4.78 is 59.2. The van der Waals surface area contributed by atoms with Crippen LogP contribution in [-0.2, 0) is 23.1 Å². The predicted molar refractivity (Wildman–Crippen MR) is 63.9 cm³/mol. The van der Waals surface area contributed by atoms with Gasteiger partial charge in [0.15, 0.2) is 0 Å². The molecule has 0 aromatic rings. The quantitative estimate of drug-likeness (QED) is 0.508. The second-order valence-electron chi connectivity index (χ2n) is 3.63. The van der Waals surface area contributed by atoms with E-state index in [2.05, 4.69) is 14.8 Å². The molecule has 8 heteroatoms. The summed E-state index contributed by atoms with van der Waals surface area (Å²) in [7, 11) is -3.16. The third kappa shape index (κ3) is 3.88. The van der Waals surface area contributed by atoms with Gasteiger partial charge in [0.2, 0.25) is 6.29 Å². The molecular formula is C11H17F2O5P. The van der Waals surface area contributed by atoms with Gasteiger partial charge in [0.1, 0.15) is 5.76 Å². The van der Waals surface area contributed by atoms with Gasteiger partial charge in [-0.25, -0.2) is 0 Å². The standard InChI is InChI=1S/C11H17F2O5P/c1-4-16-19(14,17-5-2)11(12,13)8-9-6-7-10(15-3)18-9/h7,10H,4-5,8H2,1-3H3. The lowest BCUT2D eigenvalue weighted by molar-refractivity contribution is -0.0640. The smallest absolute Gasteiger partial charge is 0.400 e. The first-order valence-electron chi connectivity index (χ1n) is 5.80. The minimum atomic E-state index is -4.53. The van der Waals surface area contributed by atoms with Crippen LogP contribution in [-0.4, -0.2) is 32.3 Å². The van der Waals surface area contributed by atoms with Gasteiger partial charge in [-0.1, -0.05) is 5.73 Å². The van der Waals surface area contributed by atoms with Crippen molar-refractivity contribution in [1.82, 2.24) is 0 Å². The van der Waals surface area contributed by atoms with Crippen LogP contribution in [0.3, 0.4) is 0 Å². The van der Waals surface area contributed by atoms with Gasteiger partial charge in [-0.05, 0) is 13.8 Å². The summed E-state index contributed by atoms with van der Waals surface area (Å²) in [5.74, 6) is -0.142. The van der Waals surface area contributed by atoms with Crippen molar-refractivity contribution in [2.24, 2.45) is 0 Å². The second-order valence-corrected chi connectivity index (χ2v) is 5.80. The fourth-order valence-electron chi connectivity index (χ4n) is 1.43. The zero-order valence-electron chi connectivity index (χ0n) is 11.0. The molecule has 0 radical (unpaired) electrons. The summed E-state index contributed by atoms with van der Waals surface area (Å²) in [5, 5.41) is 0. The lowest BCUT2D eigenvalue weighted by Crippen LogP contribution is -2.22. The molecule has 0 fully saturated rings. The minimum absolute atomic E-state index is 0.136. The Morgan fingerprint density at radius 2 is 2.00 bits per heavy atom. The maximum absolute atomic E-state index is 14.0. The molecule has 5 nitrogen and oxygen atoms in total. The Morgan fingerprint density at radius 1 is 1.42 bits per heavy atom. The molecule has 1 aliphatic rings. The fraction of sp³-hybridized carbons (Fsp3) is 0.727. The third-order valence-corrected chi connectivity index (χ3v) is 4.40. The summed E-state index contributed by atoms with van der Waals surface area (Å²) in [6.07, 6.45) is -0.303. The predicted octanol–water partition coefficient (Wildman–Crippen LogP) is 3.28.